The molecule has 1 aromatic carbocycles. The number of thioether (sulfide) groups is 1. The Morgan fingerprint density at radius 3 is 2.70 bits per heavy atom. The summed E-state index contributed by atoms with van der Waals surface area (Å²) in [4.78, 5) is 16.1. The summed E-state index contributed by atoms with van der Waals surface area (Å²) in [6.07, 6.45) is 2.03. The van der Waals surface area contributed by atoms with Crippen LogP contribution in [0.25, 0.3) is 0 Å². The van der Waals surface area contributed by atoms with E-state index in [1.807, 2.05) is 11.2 Å². The fourth-order valence-corrected chi connectivity index (χ4v) is 2.69. The molecule has 1 N–H and O–H groups in total. The number of nitrogens with one attached hydrogen (secondary N) is 1. The zero-order valence-corrected chi connectivity index (χ0v) is 14.7. The number of urea groups is 1. The number of hydrogen-bond acceptors (Lipinski definition) is 4. The molecule has 1 aliphatic rings. The first-order valence-corrected chi connectivity index (χ1v) is 8.98. The van der Waals surface area contributed by atoms with Crippen molar-refractivity contribution in [1.29, 1.82) is 0 Å². The van der Waals surface area contributed by atoms with E-state index in [2.05, 4.69) is 17.1 Å². The predicted octanol–water partition coefficient (Wildman–Crippen LogP) is 2.42. The van der Waals surface area contributed by atoms with E-state index in [0.717, 1.165) is 18.8 Å². The molecular formula is C16H24FN3O2S. The summed E-state index contributed by atoms with van der Waals surface area (Å²) in [6.45, 7) is 5.51. The van der Waals surface area contributed by atoms with Crippen LogP contribution in [-0.2, 0) is 0 Å². The molecule has 23 heavy (non-hydrogen) atoms. The molecule has 1 atom stereocenters. The molecule has 2 rings (SSSR count). The van der Waals surface area contributed by atoms with Crippen LogP contribution in [0.1, 0.15) is 6.92 Å². The van der Waals surface area contributed by atoms with Gasteiger partial charge in [-0.05, 0) is 18.4 Å². The average Bonchev–Trinajstić information content (AvgIpc) is 2.59. The summed E-state index contributed by atoms with van der Waals surface area (Å²) in [5.41, 5.74) is 0.916. The van der Waals surface area contributed by atoms with E-state index >= 15 is 0 Å². The van der Waals surface area contributed by atoms with E-state index in [0.29, 0.717) is 24.9 Å². The third kappa shape index (κ3) is 4.67. The van der Waals surface area contributed by atoms with E-state index in [1.165, 1.54) is 13.2 Å². The molecule has 7 heteroatoms. The third-order valence-electron chi connectivity index (χ3n) is 4.01. The minimum absolute atomic E-state index is 0.0118. The molecule has 0 aliphatic carbocycles. The van der Waals surface area contributed by atoms with Gasteiger partial charge in [0.05, 0.1) is 7.11 Å². The van der Waals surface area contributed by atoms with Gasteiger partial charge in [0, 0.05) is 49.7 Å². The zero-order chi connectivity index (χ0) is 16.8. The number of benzene rings is 1. The van der Waals surface area contributed by atoms with Gasteiger partial charge >= 0.3 is 6.03 Å². The van der Waals surface area contributed by atoms with Gasteiger partial charge in [0.2, 0.25) is 0 Å². The van der Waals surface area contributed by atoms with Crippen molar-refractivity contribution in [2.45, 2.75) is 12.2 Å². The van der Waals surface area contributed by atoms with Gasteiger partial charge in [-0.1, -0.05) is 6.92 Å². The number of hydrogen-bond donors (Lipinski definition) is 1. The molecule has 0 radical (unpaired) electrons. The Balaban J connectivity index is 1.87. The van der Waals surface area contributed by atoms with Crippen molar-refractivity contribution in [2.75, 3.05) is 51.0 Å². The number of ether oxygens (including phenoxy) is 1. The average molecular weight is 341 g/mol. The summed E-state index contributed by atoms with van der Waals surface area (Å²) in [5.74, 6) is -0.120. The quantitative estimate of drug-likeness (QED) is 0.893. The van der Waals surface area contributed by atoms with Crippen LogP contribution in [0.3, 0.4) is 0 Å². The van der Waals surface area contributed by atoms with E-state index in [-0.39, 0.29) is 17.6 Å². The molecule has 0 saturated carbocycles. The predicted molar refractivity (Wildman–Crippen MR) is 93.1 cm³/mol. The lowest BCUT2D eigenvalue weighted by atomic mass is 10.2. The second-order valence-corrected chi connectivity index (χ2v) is 6.80. The van der Waals surface area contributed by atoms with Crippen molar-refractivity contribution in [2.24, 2.45) is 0 Å². The van der Waals surface area contributed by atoms with Crippen LogP contribution in [0, 0.1) is 5.82 Å². The molecule has 5 nitrogen and oxygen atoms in total. The maximum atomic E-state index is 13.5. The molecule has 1 saturated heterocycles. The van der Waals surface area contributed by atoms with E-state index in [9.17, 15) is 9.18 Å². The standard InChI is InChI=1S/C16H24FN3O2S/c1-12(23-3)11-18-16(21)20-8-6-19(7-9-20)13-4-5-14(17)15(10-13)22-2/h4-5,10,12H,6-9,11H2,1-3H3,(H,18,21)/t12-/m0/s1. The van der Waals surface area contributed by atoms with E-state index in [4.69, 9.17) is 4.74 Å². The van der Waals surface area contributed by atoms with Crippen LogP contribution in [0.4, 0.5) is 14.9 Å². The molecular weight excluding hydrogens is 317 g/mol. The van der Waals surface area contributed by atoms with Crippen molar-refractivity contribution >= 4 is 23.5 Å². The van der Waals surface area contributed by atoms with Gasteiger partial charge in [-0.2, -0.15) is 11.8 Å². The molecule has 2 amide bonds. The highest BCUT2D eigenvalue weighted by Crippen LogP contribution is 2.25. The molecule has 1 heterocycles. The minimum atomic E-state index is -0.364. The Labute approximate surface area is 141 Å². The largest absolute Gasteiger partial charge is 0.494 e. The van der Waals surface area contributed by atoms with E-state index < -0.39 is 0 Å². The first-order chi connectivity index (χ1) is 11.0. The van der Waals surface area contributed by atoms with Gasteiger partial charge in [-0.15, -0.1) is 0 Å². The maximum absolute atomic E-state index is 13.5. The SMILES string of the molecule is COc1cc(N2CCN(C(=O)NC[C@H](C)SC)CC2)ccc1F. The third-order valence-corrected chi connectivity index (χ3v) is 4.98. The fourth-order valence-electron chi connectivity index (χ4n) is 2.44. The second kappa shape index (κ2) is 8.29. The topological polar surface area (TPSA) is 44.8 Å². The zero-order valence-electron chi connectivity index (χ0n) is 13.8. The van der Waals surface area contributed by atoms with Gasteiger partial charge in [-0.3, -0.25) is 0 Å². The van der Waals surface area contributed by atoms with Gasteiger partial charge in [0.1, 0.15) is 0 Å². The highest BCUT2D eigenvalue weighted by atomic mass is 32.2. The number of amides is 2. The van der Waals surface area contributed by atoms with Gasteiger partial charge in [0.25, 0.3) is 0 Å². The lowest BCUT2D eigenvalue weighted by Gasteiger charge is -2.36. The van der Waals surface area contributed by atoms with Crippen LogP contribution in [-0.4, -0.2) is 62.3 Å². The molecule has 1 aromatic rings. The highest BCUT2D eigenvalue weighted by molar-refractivity contribution is 7.99. The Morgan fingerprint density at radius 1 is 1.39 bits per heavy atom. The lowest BCUT2D eigenvalue weighted by molar-refractivity contribution is 0.194. The number of nitrogens with zero attached hydrogens (tertiary/aromatic N) is 2. The Bertz CT molecular complexity index is 536. The number of anilines is 1. The van der Waals surface area contributed by atoms with Crippen molar-refractivity contribution < 1.29 is 13.9 Å². The summed E-state index contributed by atoms with van der Waals surface area (Å²) in [7, 11) is 1.46. The van der Waals surface area contributed by atoms with Crippen LogP contribution >= 0.6 is 11.8 Å². The number of methoxy groups -OCH3 is 1. The molecule has 0 aromatic heterocycles. The fraction of sp³-hybridized carbons (Fsp3) is 0.562. The van der Waals surface area contributed by atoms with Gasteiger partial charge in [0.15, 0.2) is 11.6 Å². The number of halogens is 1. The number of piperazine rings is 1. The first kappa shape index (κ1) is 17.7. The number of rotatable bonds is 5. The summed E-state index contributed by atoms with van der Waals surface area (Å²) in [5, 5.41) is 3.37. The van der Waals surface area contributed by atoms with Crippen LogP contribution < -0.4 is 15.0 Å². The van der Waals surface area contributed by atoms with Crippen LogP contribution in [0.2, 0.25) is 0 Å². The van der Waals surface area contributed by atoms with Crippen molar-refractivity contribution in [3.8, 4) is 5.75 Å². The van der Waals surface area contributed by atoms with Gasteiger partial charge in [-0.25, -0.2) is 9.18 Å². The van der Waals surface area contributed by atoms with Crippen molar-refractivity contribution in [1.82, 2.24) is 10.2 Å². The monoisotopic (exact) mass is 341 g/mol. The molecule has 0 unspecified atom stereocenters. The number of carbonyl (C=O) groups excluding carboxylic acids is 1. The molecule has 1 fully saturated rings. The van der Waals surface area contributed by atoms with Crippen molar-refractivity contribution in [3.05, 3.63) is 24.0 Å². The highest BCUT2D eigenvalue weighted by Gasteiger charge is 2.22. The minimum Gasteiger partial charge on any atom is -0.494 e. The normalized spacial score (nSPS) is 16.2. The number of carbonyl (C=O) groups is 1. The Morgan fingerprint density at radius 2 is 2.09 bits per heavy atom. The first-order valence-electron chi connectivity index (χ1n) is 7.69. The lowest BCUT2D eigenvalue weighted by Crippen LogP contribution is -2.52. The smallest absolute Gasteiger partial charge is 0.317 e. The summed E-state index contributed by atoms with van der Waals surface area (Å²) in [6, 6.07) is 4.85. The second-order valence-electron chi connectivity index (χ2n) is 5.53. The van der Waals surface area contributed by atoms with Gasteiger partial charge < -0.3 is 19.9 Å². The molecule has 0 spiro atoms. The Kier molecular flexibility index (Phi) is 6.38. The summed E-state index contributed by atoms with van der Waals surface area (Å²) < 4.78 is 18.5. The molecule has 128 valence electrons. The van der Waals surface area contributed by atoms with Crippen LogP contribution in [0.15, 0.2) is 18.2 Å². The summed E-state index contributed by atoms with van der Waals surface area (Å²) >= 11 is 1.73. The van der Waals surface area contributed by atoms with Crippen molar-refractivity contribution in [3.63, 3.8) is 0 Å². The Hall–Kier alpha value is -1.63. The van der Waals surface area contributed by atoms with Crippen LogP contribution in [0.5, 0.6) is 5.75 Å². The van der Waals surface area contributed by atoms with E-state index in [1.54, 1.807) is 23.9 Å². The molecule has 1 aliphatic heterocycles. The maximum Gasteiger partial charge on any atom is 0.317 e. The molecule has 0 bridgehead atoms.